The number of nitrogen functional groups attached to an aromatic ring is 1. The summed E-state index contributed by atoms with van der Waals surface area (Å²) >= 11 is 4.84. The zero-order valence-corrected chi connectivity index (χ0v) is 10.2. The van der Waals surface area contributed by atoms with Crippen LogP contribution in [0.1, 0.15) is 5.56 Å². The fourth-order valence-electron chi connectivity index (χ4n) is 1.30. The molecule has 3 nitrogen and oxygen atoms in total. The van der Waals surface area contributed by atoms with Crippen LogP contribution in [0.5, 0.6) is 0 Å². The number of aromatic nitrogens is 1. The monoisotopic (exact) mass is 284 g/mol. The van der Waals surface area contributed by atoms with E-state index in [-0.39, 0.29) is 11.1 Å². The van der Waals surface area contributed by atoms with Crippen LogP contribution in [-0.4, -0.2) is 4.57 Å². The maximum absolute atomic E-state index is 11.3. The third-order valence-corrected chi connectivity index (χ3v) is 3.31. The molecule has 0 amide bonds. The highest BCUT2D eigenvalue weighted by Gasteiger charge is 2.02. The number of pyridine rings is 1. The van der Waals surface area contributed by atoms with Gasteiger partial charge in [-0.15, -0.1) is 0 Å². The first-order valence-corrected chi connectivity index (χ1v) is 6.06. The minimum Gasteiger partial charge on any atom is -0.394 e. The lowest BCUT2D eigenvalue weighted by atomic mass is 10.3. The molecule has 5 heteroatoms. The van der Waals surface area contributed by atoms with E-state index in [9.17, 15) is 4.79 Å². The molecule has 0 radical (unpaired) electrons. The first kappa shape index (κ1) is 10.4. The summed E-state index contributed by atoms with van der Waals surface area (Å²) in [7, 11) is 0. The van der Waals surface area contributed by atoms with Crippen LogP contribution in [0.3, 0.4) is 0 Å². The summed E-state index contributed by atoms with van der Waals surface area (Å²) < 4.78 is 2.39. The van der Waals surface area contributed by atoms with Crippen molar-refractivity contribution in [3.8, 4) is 0 Å². The average molecular weight is 285 g/mol. The summed E-state index contributed by atoms with van der Waals surface area (Å²) in [4.78, 5) is 11.3. The maximum Gasteiger partial charge on any atom is 0.218 e. The van der Waals surface area contributed by atoms with E-state index in [4.69, 9.17) is 5.73 Å². The minimum absolute atomic E-state index is 0.156. The van der Waals surface area contributed by atoms with Crippen molar-refractivity contribution in [2.75, 3.05) is 5.73 Å². The molecule has 0 unspecified atom stereocenters. The zero-order chi connectivity index (χ0) is 10.8. The molecule has 0 bridgehead atoms. The normalized spacial score (nSPS) is 10.5. The van der Waals surface area contributed by atoms with Crippen LogP contribution in [0, 0.1) is 0 Å². The highest BCUT2D eigenvalue weighted by molar-refractivity contribution is 9.10. The van der Waals surface area contributed by atoms with E-state index in [1.54, 1.807) is 23.7 Å². The summed E-state index contributed by atoms with van der Waals surface area (Å²) in [5.74, 6) is 0. The number of halogens is 1. The van der Waals surface area contributed by atoms with Gasteiger partial charge in [0, 0.05) is 18.9 Å². The van der Waals surface area contributed by atoms with E-state index in [0.29, 0.717) is 4.47 Å². The molecule has 0 atom stereocenters. The molecule has 0 aromatic carbocycles. The topological polar surface area (TPSA) is 48.0 Å². The Kier molecular flexibility index (Phi) is 2.93. The molecule has 0 saturated carbocycles. The van der Waals surface area contributed by atoms with E-state index in [1.165, 1.54) is 5.56 Å². The van der Waals surface area contributed by atoms with Gasteiger partial charge >= 0.3 is 0 Å². The Balaban J connectivity index is 2.34. The summed E-state index contributed by atoms with van der Waals surface area (Å²) in [6.07, 6.45) is 3.40. The first-order valence-electron chi connectivity index (χ1n) is 4.33. The zero-order valence-electron chi connectivity index (χ0n) is 7.81. The van der Waals surface area contributed by atoms with E-state index < -0.39 is 0 Å². The molecule has 2 aromatic heterocycles. The molecule has 2 rings (SSSR count). The quantitative estimate of drug-likeness (QED) is 0.920. The lowest BCUT2D eigenvalue weighted by Crippen LogP contribution is -2.13. The number of rotatable bonds is 2. The second-order valence-corrected chi connectivity index (χ2v) is 4.83. The van der Waals surface area contributed by atoms with Crippen molar-refractivity contribution in [2.24, 2.45) is 0 Å². The van der Waals surface area contributed by atoms with Gasteiger partial charge in [-0.2, -0.15) is 11.3 Å². The van der Waals surface area contributed by atoms with Crippen molar-refractivity contribution in [2.45, 2.75) is 6.54 Å². The van der Waals surface area contributed by atoms with Gasteiger partial charge in [0.15, 0.2) is 0 Å². The van der Waals surface area contributed by atoms with Crippen LogP contribution in [-0.2, 0) is 6.54 Å². The van der Waals surface area contributed by atoms with Gasteiger partial charge < -0.3 is 10.3 Å². The van der Waals surface area contributed by atoms with Gasteiger partial charge in [0.1, 0.15) is 0 Å². The number of thiophene rings is 1. The van der Waals surface area contributed by atoms with E-state index >= 15 is 0 Å². The van der Waals surface area contributed by atoms with Crippen LogP contribution in [0.25, 0.3) is 0 Å². The Labute approximate surface area is 99.3 Å². The predicted octanol–water partition coefficient (Wildman–Crippen LogP) is 2.30. The molecular formula is C10H9BrN2OS. The SMILES string of the molecule is Nc1cn(Cc2ccsc2)cc(Br)c1=O. The van der Waals surface area contributed by atoms with Crippen molar-refractivity contribution in [1.29, 1.82) is 0 Å². The van der Waals surface area contributed by atoms with Crippen molar-refractivity contribution in [3.63, 3.8) is 0 Å². The van der Waals surface area contributed by atoms with Crippen molar-refractivity contribution in [1.82, 2.24) is 4.57 Å². The van der Waals surface area contributed by atoms with Gasteiger partial charge in [-0.05, 0) is 38.3 Å². The van der Waals surface area contributed by atoms with Crippen molar-refractivity contribution < 1.29 is 0 Å². The van der Waals surface area contributed by atoms with Crippen LogP contribution < -0.4 is 11.2 Å². The third-order valence-electron chi connectivity index (χ3n) is 2.01. The lowest BCUT2D eigenvalue weighted by Gasteiger charge is -2.06. The number of anilines is 1. The van der Waals surface area contributed by atoms with Gasteiger partial charge in [-0.25, -0.2) is 0 Å². The minimum atomic E-state index is -0.156. The summed E-state index contributed by atoms with van der Waals surface area (Å²) in [5, 5.41) is 4.10. The van der Waals surface area contributed by atoms with Crippen LogP contribution in [0.2, 0.25) is 0 Å². The molecule has 15 heavy (non-hydrogen) atoms. The van der Waals surface area contributed by atoms with Gasteiger partial charge in [-0.1, -0.05) is 0 Å². The molecule has 0 spiro atoms. The smallest absolute Gasteiger partial charge is 0.218 e. The van der Waals surface area contributed by atoms with Crippen LogP contribution >= 0.6 is 27.3 Å². The fourth-order valence-corrected chi connectivity index (χ4v) is 2.45. The molecule has 0 aliphatic carbocycles. The summed E-state index contributed by atoms with van der Waals surface area (Å²) in [5.41, 5.74) is 6.90. The second-order valence-electron chi connectivity index (χ2n) is 3.19. The van der Waals surface area contributed by atoms with Gasteiger partial charge in [-0.3, -0.25) is 4.79 Å². The Hall–Kier alpha value is -1.07. The van der Waals surface area contributed by atoms with Crippen molar-refractivity contribution >= 4 is 33.0 Å². The average Bonchev–Trinajstić information content (AvgIpc) is 2.66. The van der Waals surface area contributed by atoms with Gasteiger partial charge in [0.25, 0.3) is 0 Å². The standard InChI is InChI=1S/C10H9BrN2OS/c11-8-4-13(5-9(12)10(8)14)3-7-1-2-15-6-7/h1-2,4-6H,3,12H2. The van der Waals surface area contributed by atoms with E-state index in [1.807, 2.05) is 16.0 Å². The Morgan fingerprint density at radius 3 is 2.87 bits per heavy atom. The first-order chi connectivity index (χ1) is 7.16. The molecule has 0 aliphatic rings. The number of nitrogens with zero attached hydrogens (tertiary/aromatic N) is 1. The maximum atomic E-state index is 11.3. The molecule has 78 valence electrons. The Bertz CT molecular complexity index is 492. The fraction of sp³-hybridized carbons (Fsp3) is 0.100. The van der Waals surface area contributed by atoms with Gasteiger partial charge in [0.2, 0.25) is 5.43 Å². The lowest BCUT2D eigenvalue weighted by molar-refractivity contribution is 0.790. The molecular weight excluding hydrogens is 276 g/mol. The van der Waals surface area contributed by atoms with Crippen molar-refractivity contribution in [3.05, 3.63) is 49.5 Å². The van der Waals surface area contributed by atoms with Crippen LogP contribution in [0.4, 0.5) is 5.69 Å². The highest BCUT2D eigenvalue weighted by Crippen LogP contribution is 2.11. The second kappa shape index (κ2) is 4.20. The van der Waals surface area contributed by atoms with E-state index in [0.717, 1.165) is 6.54 Å². The van der Waals surface area contributed by atoms with Gasteiger partial charge in [0.05, 0.1) is 10.2 Å². The van der Waals surface area contributed by atoms with E-state index in [2.05, 4.69) is 21.3 Å². The third kappa shape index (κ3) is 2.30. The summed E-state index contributed by atoms with van der Waals surface area (Å²) in [6.45, 7) is 0.729. The largest absolute Gasteiger partial charge is 0.394 e. The molecule has 2 N–H and O–H groups in total. The molecule has 0 aliphatic heterocycles. The molecule has 0 saturated heterocycles. The molecule has 0 fully saturated rings. The molecule has 2 aromatic rings. The predicted molar refractivity (Wildman–Crippen MR) is 66.2 cm³/mol. The Morgan fingerprint density at radius 2 is 2.27 bits per heavy atom. The Morgan fingerprint density at radius 1 is 1.47 bits per heavy atom. The number of hydrogen-bond acceptors (Lipinski definition) is 3. The number of nitrogens with two attached hydrogens (primary N) is 1. The number of hydrogen-bond donors (Lipinski definition) is 1. The highest BCUT2D eigenvalue weighted by atomic mass is 79.9. The van der Waals surface area contributed by atoms with Crippen LogP contribution in [0.15, 0.2) is 38.5 Å². The molecule has 2 heterocycles. The summed E-state index contributed by atoms with van der Waals surface area (Å²) in [6, 6.07) is 2.05.